The molecule has 1 aliphatic heterocycles. The highest BCUT2D eigenvalue weighted by atomic mass is 32.1. The standard InChI is InChI=1S/C22H28N4OS/c1-17(2)21(27)24-22(28)23-19-8-10-20(11-9-19)26-14-12-25(13-15-26)16-18-6-4-3-5-7-18/h3-11,17H,12-16H2,1-2H3,(H2,23,24,27,28)/p+1. The van der Waals surface area contributed by atoms with E-state index in [4.69, 9.17) is 12.2 Å². The number of piperazine rings is 1. The van der Waals surface area contributed by atoms with E-state index in [0.717, 1.165) is 38.4 Å². The van der Waals surface area contributed by atoms with E-state index >= 15 is 0 Å². The van der Waals surface area contributed by atoms with Gasteiger partial charge in [0.2, 0.25) is 5.91 Å². The van der Waals surface area contributed by atoms with Crippen molar-refractivity contribution in [3.8, 4) is 0 Å². The van der Waals surface area contributed by atoms with Gasteiger partial charge in [0, 0.05) is 22.9 Å². The summed E-state index contributed by atoms with van der Waals surface area (Å²) in [5, 5.41) is 6.11. The lowest BCUT2D eigenvalue weighted by atomic mass is 10.2. The lowest BCUT2D eigenvalue weighted by molar-refractivity contribution is -0.914. The monoisotopic (exact) mass is 397 g/mol. The van der Waals surface area contributed by atoms with Crippen LogP contribution in [0.25, 0.3) is 0 Å². The third kappa shape index (κ3) is 5.78. The van der Waals surface area contributed by atoms with Crippen LogP contribution in [-0.4, -0.2) is 37.2 Å². The van der Waals surface area contributed by atoms with E-state index < -0.39 is 0 Å². The van der Waals surface area contributed by atoms with Gasteiger partial charge in [0.05, 0.1) is 26.2 Å². The summed E-state index contributed by atoms with van der Waals surface area (Å²) in [6.45, 7) is 9.16. The predicted molar refractivity (Wildman–Crippen MR) is 119 cm³/mol. The molecule has 148 valence electrons. The minimum Gasteiger partial charge on any atom is -0.360 e. The number of quaternary nitrogens is 1. The summed E-state index contributed by atoms with van der Waals surface area (Å²) in [4.78, 5) is 15.8. The van der Waals surface area contributed by atoms with E-state index in [-0.39, 0.29) is 11.8 Å². The zero-order valence-corrected chi connectivity index (χ0v) is 17.4. The topological polar surface area (TPSA) is 48.8 Å². The Bertz CT molecular complexity index is 784. The molecular formula is C22H29N4OS+. The molecule has 2 aromatic carbocycles. The number of benzene rings is 2. The normalized spacial score (nSPS) is 14.8. The van der Waals surface area contributed by atoms with E-state index in [1.165, 1.54) is 11.3 Å². The Labute approximate surface area is 172 Å². The number of carbonyl (C=O) groups excluding carboxylic acids is 1. The molecule has 5 nitrogen and oxygen atoms in total. The van der Waals surface area contributed by atoms with Crippen LogP contribution in [0, 0.1) is 5.92 Å². The van der Waals surface area contributed by atoms with Crippen molar-refractivity contribution < 1.29 is 9.69 Å². The van der Waals surface area contributed by atoms with Gasteiger partial charge < -0.3 is 20.4 Å². The van der Waals surface area contributed by atoms with Crippen molar-refractivity contribution in [2.75, 3.05) is 36.4 Å². The first kappa shape index (κ1) is 20.3. The number of hydrogen-bond acceptors (Lipinski definition) is 3. The fourth-order valence-corrected chi connectivity index (χ4v) is 3.54. The average Bonchev–Trinajstić information content (AvgIpc) is 2.70. The molecule has 1 heterocycles. The van der Waals surface area contributed by atoms with E-state index in [9.17, 15) is 4.79 Å². The molecule has 0 unspecified atom stereocenters. The Kier molecular flexibility index (Phi) is 7.01. The second-order valence-corrected chi connectivity index (χ2v) is 7.95. The molecule has 0 atom stereocenters. The SMILES string of the molecule is CC(C)C(=O)NC(=S)Nc1ccc(N2CC[NH+](Cc3ccccc3)CC2)cc1. The maximum absolute atomic E-state index is 11.7. The number of hydrogen-bond donors (Lipinski definition) is 3. The summed E-state index contributed by atoms with van der Waals surface area (Å²) >= 11 is 5.20. The first-order valence-electron chi connectivity index (χ1n) is 9.85. The first-order valence-corrected chi connectivity index (χ1v) is 10.3. The van der Waals surface area contributed by atoms with Crippen molar-refractivity contribution in [1.29, 1.82) is 0 Å². The van der Waals surface area contributed by atoms with Crippen LogP contribution < -0.4 is 20.4 Å². The van der Waals surface area contributed by atoms with Crippen LogP contribution >= 0.6 is 12.2 Å². The van der Waals surface area contributed by atoms with E-state index in [1.807, 2.05) is 26.0 Å². The molecule has 0 spiro atoms. The van der Waals surface area contributed by atoms with Gasteiger partial charge in [0.25, 0.3) is 0 Å². The van der Waals surface area contributed by atoms with Gasteiger partial charge in [-0.15, -0.1) is 0 Å². The third-order valence-electron chi connectivity index (χ3n) is 5.02. The Hall–Kier alpha value is -2.44. The molecule has 2 aromatic rings. The maximum atomic E-state index is 11.7. The number of rotatable bonds is 5. The van der Waals surface area contributed by atoms with Crippen molar-refractivity contribution in [1.82, 2.24) is 5.32 Å². The summed E-state index contributed by atoms with van der Waals surface area (Å²) < 4.78 is 0. The fourth-order valence-electron chi connectivity index (χ4n) is 3.32. The second kappa shape index (κ2) is 9.66. The smallest absolute Gasteiger partial charge is 0.228 e. The summed E-state index contributed by atoms with van der Waals surface area (Å²) in [6, 6.07) is 18.9. The first-order chi connectivity index (χ1) is 13.5. The van der Waals surface area contributed by atoms with Crippen LogP contribution in [0.15, 0.2) is 54.6 Å². The summed E-state index contributed by atoms with van der Waals surface area (Å²) in [7, 11) is 0. The highest BCUT2D eigenvalue weighted by Gasteiger charge is 2.20. The molecule has 0 radical (unpaired) electrons. The quantitative estimate of drug-likeness (QED) is 0.676. The molecule has 1 saturated heterocycles. The van der Waals surface area contributed by atoms with Crippen molar-refractivity contribution in [2.45, 2.75) is 20.4 Å². The molecule has 0 aromatic heterocycles. The Morgan fingerprint density at radius 3 is 2.32 bits per heavy atom. The van der Waals surface area contributed by atoms with Crippen LogP contribution in [0.5, 0.6) is 0 Å². The number of anilines is 2. The maximum Gasteiger partial charge on any atom is 0.228 e. The minimum absolute atomic E-state index is 0.0787. The Morgan fingerprint density at radius 1 is 1.07 bits per heavy atom. The lowest BCUT2D eigenvalue weighted by Gasteiger charge is -2.33. The molecule has 1 aliphatic rings. The van der Waals surface area contributed by atoms with Gasteiger partial charge in [-0.3, -0.25) is 4.79 Å². The fraction of sp³-hybridized carbons (Fsp3) is 0.364. The number of nitrogens with zero attached hydrogens (tertiary/aromatic N) is 1. The largest absolute Gasteiger partial charge is 0.360 e. The predicted octanol–water partition coefficient (Wildman–Crippen LogP) is 2.06. The average molecular weight is 398 g/mol. The molecule has 3 N–H and O–H groups in total. The summed E-state index contributed by atoms with van der Waals surface area (Å²) in [6.07, 6.45) is 0. The lowest BCUT2D eigenvalue weighted by Crippen LogP contribution is -3.13. The van der Waals surface area contributed by atoms with Gasteiger partial charge in [0.15, 0.2) is 5.11 Å². The molecule has 0 aliphatic carbocycles. The summed E-state index contributed by atoms with van der Waals surface area (Å²) in [5.74, 6) is -0.171. The van der Waals surface area contributed by atoms with Crippen LogP contribution in [0.4, 0.5) is 11.4 Å². The second-order valence-electron chi connectivity index (χ2n) is 7.54. The number of nitrogens with one attached hydrogen (secondary N) is 3. The van der Waals surface area contributed by atoms with Crippen LogP contribution in [0.2, 0.25) is 0 Å². The van der Waals surface area contributed by atoms with Crippen molar-refractivity contribution in [3.63, 3.8) is 0 Å². The van der Waals surface area contributed by atoms with Crippen LogP contribution in [0.1, 0.15) is 19.4 Å². The highest BCUT2D eigenvalue weighted by Crippen LogP contribution is 2.18. The van der Waals surface area contributed by atoms with E-state index in [0.29, 0.717) is 5.11 Å². The molecule has 1 amide bonds. The van der Waals surface area contributed by atoms with Gasteiger partial charge in [-0.2, -0.15) is 0 Å². The number of amides is 1. The highest BCUT2D eigenvalue weighted by molar-refractivity contribution is 7.80. The molecule has 1 fully saturated rings. The third-order valence-corrected chi connectivity index (χ3v) is 5.22. The molecule has 0 bridgehead atoms. The molecular weight excluding hydrogens is 368 g/mol. The minimum atomic E-state index is -0.0928. The number of thiocarbonyl (C=S) groups is 1. The Morgan fingerprint density at radius 2 is 1.71 bits per heavy atom. The van der Waals surface area contributed by atoms with E-state index in [2.05, 4.69) is 58.0 Å². The van der Waals surface area contributed by atoms with Crippen molar-refractivity contribution >= 4 is 34.6 Å². The van der Waals surface area contributed by atoms with Crippen molar-refractivity contribution in [2.24, 2.45) is 5.92 Å². The zero-order chi connectivity index (χ0) is 19.9. The van der Waals surface area contributed by atoms with Crippen molar-refractivity contribution in [3.05, 3.63) is 60.2 Å². The molecule has 28 heavy (non-hydrogen) atoms. The van der Waals surface area contributed by atoms with Crippen LogP contribution in [-0.2, 0) is 11.3 Å². The molecule has 6 heteroatoms. The van der Waals surface area contributed by atoms with Gasteiger partial charge in [0.1, 0.15) is 6.54 Å². The van der Waals surface area contributed by atoms with Crippen LogP contribution in [0.3, 0.4) is 0 Å². The van der Waals surface area contributed by atoms with Gasteiger partial charge in [-0.25, -0.2) is 0 Å². The zero-order valence-electron chi connectivity index (χ0n) is 16.6. The number of carbonyl (C=O) groups is 1. The molecule has 0 saturated carbocycles. The molecule has 3 rings (SSSR count). The van der Waals surface area contributed by atoms with Gasteiger partial charge in [-0.1, -0.05) is 44.2 Å². The Balaban J connectivity index is 1.48. The summed E-state index contributed by atoms with van der Waals surface area (Å²) in [5.41, 5.74) is 3.51. The van der Waals surface area contributed by atoms with Gasteiger partial charge >= 0.3 is 0 Å². The van der Waals surface area contributed by atoms with E-state index in [1.54, 1.807) is 4.90 Å². The van der Waals surface area contributed by atoms with Gasteiger partial charge in [-0.05, 0) is 36.5 Å².